The number of alkyl halides is 3. The van der Waals surface area contributed by atoms with Crippen LogP contribution in [0.4, 0.5) is 19.0 Å². The number of rotatable bonds is 7. The second-order valence-electron chi connectivity index (χ2n) is 6.64. The third-order valence-electron chi connectivity index (χ3n) is 4.31. The summed E-state index contributed by atoms with van der Waals surface area (Å²) >= 11 is 5.88. The van der Waals surface area contributed by atoms with Crippen molar-refractivity contribution in [2.75, 3.05) is 11.9 Å². The van der Waals surface area contributed by atoms with Gasteiger partial charge in [0.1, 0.15) is 11.6 Å². The van der Waals surface area contributed by atoms with E-state index < -0.39 is 17.8 Å². The van der Waals surface area contributed by atoms with E-state index in [2.05, 4.69) is 20.3 Å². The van der Waals surface area contributed by atoms with Gasteiger partial charge in [0, 0.05) is 43.2 Å². The van der Waals surface area contributed by atoms with Crippen molar-refractivity contribution in [3.63, 3.8) is 0 Å². The summed E-state index contributed by atoms with van der Waals surface area (Å²) in [7, 11) is 1.51. The highest BCUT2D eigenvalue weighted by molar-refractivity contribution is 6.28. The molecule has 0 fully saturated rings. The molecule has 3 rings (SSSR count). The molecular formula is C21H19ClF3N5O2. The lowest BCUT2D eigenvalue weighted by Gasteiger charge is -2.10. The zero-order valence-corrected chi connectivity index (χ0v) is 17.9. The van der Waals surface area contributed by atoms with Crippen LogP contribution in [0.5, 0.6) is 0 Å². The number of hydrogen-bond donors (Lipinski definition) is 1. The summed E-state index contributed by atoms with van der Waals surface area (Å²) in [6, 6.07) is 6.91. The molecule has 0 aliphatic heterocycles. The van der Waals surface area contributed by atoms with Gasteiger partial charge in [-0.05, 0) is 30.2 Å². The van der Waals surface area contributed by atoms with E-state index >= 15 is 0 Å². The van der Waals surface area contributed by atoms with Crippen molar-refractivity contribution in [2.45, 2.75) is 19.6 Å². The second kappa shape index (κ2) is 9.82. The molecule has 1 aromatic carbocycles. The number of carbonyl (C=O) groups is 1. The van der Waals surface area contributed by atoms with E-state index in [1.807, 2.05) is 0 Å². The Morgan fingerprint density at radius 3 is 2.59 bits per heavy atom. The third kappa shape index (κ3) is 5.85. The fraction of sp³-hybridized carbons (Fsp3) is 0.238. The number of benzene rings is 1. The van der Waals surface area contributed by atoms with Crippen LogP contribution in [0.3, 0.4) is 0 Å². The van der Waals surface area contributed by atoms with Gasteiger partial charge in [-0.1, -0.05) is 24.3 Å². The number of nitrogens with one attached hydrogen (secondary N) is 1. The summed E-state index contributed by atoms with van der Waals surface area (Å²) in [5.74, 6) is 0.131. The molecule has 0 atom stereocenters. The minimum Gasteiger partial charge on any atom is -0.463 e. The first kappa shape index (κ1) is 23.3. The van der Waals surface area contributed by atoms with Crippen LogP contribution in [0.2, 0.25) is 5.28 Å². The number of hydrogen-bond acceptors (Lipinski definition) is 6. The number of anilines is 1. The fourth-order valence-corrected chi connectivity index (χ4v) is 2.94. The average molecular weight is 466 g/mol. The number of aromatic nitrogens is 4. The summed E-state index contributed by atoms with van der Waals surface area (Å²) in [6.45, 7) is 2.32. The van der Waals surface area contributed by atoms with Gasteiger partial charge in [-0.2, -0.15) is 13.2 Å². The molecule has 0 aliphatic rings. The summed E-state index contributed by atoms with van der Waals surface area (Å²) in [6.07, 6.45) is 0.695. The molecule has 168 valence electrons. The van der Waals surface area contributed by atoms with E-state index in [0.29, 0.717) is 23.5 Å². The van der Waals surface area contributed by atoms with Crippen LogP contribution >= 0.6 is 11.6 Å². The first-order valence-electron chi connectivity index (χ1n) is 9.48. The smallest absolute Gasteiger partial charge is 0.434 e. The van der Waals surface area contributed by atoms with Gasteiger partial charge >= 0.3 is 12.1 Å². The van der Waals surface area contributed by atoms with Gasteiger partial charge in [0.15, 0.2) is 5.69 Å². The molecule has 2 heterocycles. The maximum atomic E-state index is 12.9. The molecule has 11 heteroatoms. The number of imidazole rings is 1. The van der Waals surface area contributed by atoms with Crippen LogP contribution in [-0.2, 0) is 29.3 Å². The van der Waals surface area contributed by atoms with Crippen molar-refractivity contribution in [3.8, 4) is 11.4 Å². The van der Waals surface area contributed by atoms with Crippen LogP contribution in [0.1, 0.15) is 23.7 Å². The highest BCUT2D eigenvalue weighted by Crippen LogP contribution is 2.30. The monoisotopic (exact) mass is 465 g/mol. The predicted molar refractivity (Wildman–Crippen MR) is 114 cm³/mol. The lowest BCUT2D eigenvalue weighted by molar-refractivity contribution is -0.141. The highest BCUT2D eigenvalue weighted by Gasteiger charge is 2.34. The SMILES string of the molecule is CCOC(=O)/C=C/c1cnc(Cl)nc1NCc1ccc(-c2nc(C(F)(F)F)cn2C)cc1. The number of ether oxygens (including phenoxy) is 1. The van der Waals surface area contributed by atoms with Gasteiger partial charge < -0.3 is 14.6 Å². The van der Waals surface area contributed by atoms with Crippen molar-refractivity contribution in [2.24, 2.45) is 7.05 Å². The van der Waals surface area contributed by atoms with Gasteiger partial charge in [-0.25, -0.2) is 19.7 Å². The van der Waals surface area contributed by atoms with Gasteiger partial charge in [0.2, 0.25) is 5.28 Å². The molecule has 0 amide bonds. The first-order valence-corrected chi connectivity index (χ1v) is 9.86. The van der Waals surface area contributed by atoms with E-state index in [9.17, 15) is 18.0 Å². The van der Waals surface area contributed by atoms with E-state index in [1.54, 1.807) is 31.2 Å². The number of halogens is 4. The van der Waals surface area contributed by atoms with Gasteiger partial charge in [0.05, 0.1) is 6.61 Å². The Labute approximate surface area is 186 Å². The normalized spacial score (nSPS) is 11.7. The van der Waals surface area contributed by atoms with Gasteiger partial charge in [-0.15, -0.1) is 0 Å². The number of carbonyl (C=O) groups excluding carboxylic acids is 1. The Hall–Kier alpha value is -3.40. The summed E-state index contributed by atoms with van der Waals surface area (Å²) in [4.78, 5) is 23.3. The molecule has 0 unspecified atom stereocenters. The number of aryl methyl sites for hydroxylation is 1. The Morgan fingerprint density at radius 2 is 1.97 bits per heavy atom. The zero-order chi connectivity index (χ0) is 23.3. The lowest BCUT2D eigenvalue weighted by Crippen LogP contribution is -2.05. The Kier molecular flexibility index (Phi) is 7.14. The van der Waals surface area contributed by atoms with Crippen LogP contribution in [-0.4, -0.2) is 32.1 Å². The molecule has 0 bridgehead atoms. The Balaban J connectivity index is 1.73. The van der Waals surface area contributed by atoms with Crippen molar-refractivity contribution >= 4 is 29.5 Å². The van der Waals surface area contributed by atoms with E-state index in [4.69, 9.17) is 16.3 Å². The largest absolute Gasteiger partial charge is 0.463 e. The van der Waals surface area contributed by atoms with Crippen LogP contribution in [0, 0.1) is 0 Å². The van der Waals surface area contributed by atoms with Crippen molar-refractivity contribution in [3.05, 3.63) is 64.8 Å². The molecule has 0 spiro atoms. The first-order chi connectivity index (χ1) is 15.2. The zero-order valence-electron chi connectivity index (χ0n) is 17.2. The minimum atomic E-state index is -4.50. The lowest BCUT2D eigenvalue weighted by atomic mass is 10.1. The molecule has 32 heavy (non-hydrogen) atoms. The predicted octanol–water partition coefficient (Wildman–Crippen LogP) is 4.74. The molecule has 0 saturated carbocycles. The fourth-order valence-electron chi connectivity index (χ4n) is 2.81. The highest BCUT2D eigenvalue weighted by atomic mass is 35.5. The van der Waals surface area contributed by atoms with Crippen LogP contribution < -0.4 is 5.32 Å². The quantitative estimate of drug-likeness (QED) is 0.308. The molecule has 3 aromatic rings. The van der Waals surface area contributed by atoms with Crippen molar-refractivity contribution in [1.29, 1.82) is 0 Å². The standard InChI is InChI=1S/C21H19ClF3N5O2/c1-3-32-17(31)9-8-15-11-27-20(22)29-18(15)26-10-13-4-6-14(7-5-13)19-28-16(12-30(19)2)21(23,24)25/h4-9,11-12H,3,10H2,1-2H3,(H,26,27,29)/b9-8+. The van der Waals surface area contributed by atoms with Gasteiger partial charge in [-0.3, -0.25) is 0 Å². The van der Waals surface area contributed by atoms with Crippen molar-refractivity contribution < 1.29 is 22.7 Å². The Bertz CT molecular complexity index is 1130. The van der Waals surface area contributed by atoms with Crippen molar-refractivity contribution in [1.82, 2.24) is 19.5 Å². The molecule has 7 nitrogen and oxygen atoms in total. The van der Waals surface area contributed by atoms with Crippen LogP contribution in [0.15, 0.2) is 42.7 Å². The average Bonchev–Trinajstić information content (AvgIpc) is 3.14. The summed E-state index contributed by atoms with van der Waals surface area (Å²) in [5.41, 5.74) is 0.987. The third-order valence-corrected chi connectivity index (χ3v) is 4.49. The molecule has 0 saturated heterocycles. The van der Waals surface area contributed by atoms with E-state index in [0.717, 1.165) is 11.8 Å². The summed E-state index contributed by atoms with van der Waals surface area (Å²) < 4.78 is 44.8. The molecule has 1 N–H and O–H groups in total. The van der Waals surface area contributed by atoms with E-state index in [-0.39, 0.29) is 17.7 Å². The van der Waals surface area contributed by atoms with Crippen LogP contribution in [0.25, 0.3) is 17.5 Å². The second-order valence-corrected chi connectivity index (χ2v) is 6.98. The minimum absolute atomic E-state index is 0.0337. The molecule has 0 radical (unpaired) electrons. The van der Waals surface area contributed by atoms with Gasteiger partial charge in [0.25, 0.3) is 0 Å². The summed E-state index contributed by atoms with van der Waals surface area (Å²) in [5, 5.41) is 3.15. The molecule has 2 aromatic heterocycles. The number of esters is 1. The molecule has 0 aliphatic carbocycles. The topological polar surface area (TPSA) is 81.9 Å². The van der Waals surface area contributed by atoms with E-state index in [1.165, 1.54) is 30.0 Å². The maximum absolute atomic E-state index is 12.9. The Morgan fingerprint density at radius 1 is 1.25 bits per heavy atom. The maximum Gasteiger partial charge on any atom is 0.434 e. The molecular weight excluding hydrogens is 447 g/mol. The number of nitrogens with zero attached hydrogens (tertiary/aromatic N) is 4.